The number of benzene rings is 1. The number of nitrogens with zero attached hydrogens (tertiary/aromatic N) is 1. The van der Waals surface area contributed by atoms with Crippen LogP contribution in [-0.2, 0) is 14.4 Å². The Labute approximate surface area is 229 Å². The number of alkyl halides is 1. The third-order valence-electron chi connectivity index (χ3n) is 7.74. The molecule has 1 aliphatic rings. The smallest absolute Gasteiger partial charge is 0.268 e. The summed E-state index contributed by atoms with van der Waals surface area (Å²) < 4.78 is 5.40. The highest BCUT2D eigenvalue weighted by Gasteiger charge is 2.53. The van der Waals surface area contributed by atoms with E-state index in [1.165, 1.54) is 0 Å². The third kappa shape index (κ3) is 5.67. The Morgan fingerprint density at radius 1 is 1.21 bits per heavy atom. The van der Waals surface area contributed by atoms with Gasteiger partial charge >= 0.3 is 0 Å². The lowest BCUT2D eigenvalue weighted by molar-refractivity contribution is -0.144. The van der Waals surface area contributed by atoms with Crippen molar-refractivity contribution in [2.24, 2.45) is 16.7 Å². The van der Waals surface area contributed by atoms with Gasteiger partial charge in [0.2, 0.25) is 11.8 Å². The van der Waals surface area contributed by atoms with Crippen molar-refractivity contribution in [3.05, 3.63) is 30.0 Å². The summed E-state index contributed by atoms with van der Waals surface area (Å²) in [7, 11) is 1.56. The van der Waals surface area contributed by atoms with Gasteiger partial charge in [0, 0.05) is 17.4 Å². The zero-order valence-corrected chi connectivity index (χ0v) is 24.2. The average Bonchev–Trinajstić information content (AvgIpc) is 3.38. The molecule has 4 atom stereocenters. The first-order chi connectivity index (χ1) is 17.6. The van der Waals surface area contributed by atoms with Gasteiger partial charge in [0.05, 0.1) is 19.0 Å². The topological polar surface area (TPSA) is 121 Å². The van der Waals surface area contributed by atoms with Gasteiger partial charge in [-0.2, -0.15) is 0 Å². The van der Waals surface area contributed by atoms with Crippen LogP contribution in [0.4, 0.5) is 0 Å². The van der Waals surface area contributed by atoms with E-state index in [4.69, 9.17) is 16.3 Å². The maximum Gasteiger partial charge on any atom is 0.268 e. The number of fused-ring (bicyclic) bond motifs is 1. The minimum atomic E-state index is -0.915. The summed E-state index contributed by atoms with van der Waals surface area (Å²) >= 11 is 5.67. The monoisotopic (exact) mass is 546 g/mol. The number of carbonyl (C=O) groups excluding carboxylic acids is 4. The summed E-state index contributed by atoms with van der Waals surface area (Å²) in [5.74, 6) is -1.11. The van der Waals surface area contributed by atoms with Gasteiger partial charge in [-0.25, -0.2) is 0 Å². The lowest BCUT2D eigenvalue weighted by Gasteiger charge is -2.38. The van der Waals surface area contributed by atoms with Crippen molar-refractivity contribution in [3.8, 4) is 5.75 Å². The van der Waals surface area contributed by atoms with E-state index in [9.17, 15) is 19.2 Å². The van der Waals surface area contributed by atoms with Gasteiger partial charge in [-0.1, -0.05) is 47.6 Å². The number of ether oxygens (including phenoxy) is 1. The number of Topliss-reactive ketones (excluding diaryl/α,β-unsaturated/α-hetero) is 1. The predicted octanol–water partition coefficient (Wildman–Crippen LogP) is 3.51. The van der Waals surface area contributed by atoms with E-state index in [0.717, 1.165) is 10.9 Å². The van der Waals surface area contributed by atoms with Crippen molar-refractivity contribution >= 4 is 46.0 Å². The van der Waals surface area contributed by atoms with Crippen molar-refractivity contribution in [1.29, 1.82) is 0 Å². The molecule has 1 unspecified atom stereocenters. The minimum Gasteiger partial charge on any atom is -0.496 e. The summed E-state index contributed by atoms with van der Waals surface area (Å²) in [6.45, 7) is 13.4. The molecule has 0 radical (unpaired) electrons. The molecule has 1 aromatic heterocycles. The largest absolute Gasteiger partial charge is 0.496 e. The second-order valence-corrected chi connectivity index (χ2v) is 12.1. The lowest BCUT2D eigenvalue weighted by Crippen LogP contribution is -2.60. The fourth-order valence-electron chi connectivity index (χ4n) is 4.94. The Bertz CT molecular complexity index is 1230. The second kappa shape index (κ2) is 11.0. The molecule has 0 aliphatic carbocycles. The highest BCUT2D eigenvalue weighted by molar-refractivity contribution is 6.28. The van der Waals surface area contributed by atoms with Crippen LogP contribution >= 0.6 is 11.6 Å². The molecule has 0 saturated carbocycles. The molecular weight excluding hydrogens is 508 g/mol. The molecule has 1 aliphatic heterocycles. The summed E-state index contributed by atoms with van der Waals surface area (Å²) in [6, 6.07) is 4.65. The number of hydrogen-bond acceptors (Lipinski definition) is 5. The van der Waals surface area contributed by atoms with E-state index in [0.29, 0.717) is 18.0 Å². The molecule has 10 heteroatoms. The van der Waals surface area contributed by atoms with E-state index in [2.05, 4.69) is 15.6 Å². The zero-order valence-electron chi connectivity index (χ0n) is 23.4. The van der Waals surface area contributed by atoms with Gasteiger partial charge in [-0.05, 0) is 41.9 Å². The van der Waals surface area contributed by atoms with Gasteiger partial charge in [-0.15, -0.1) is 11.6 Å². The Kier molecular flexibility index (Phi) is 8.51. The number of methoxy groups -OCH3 is 1. The van der Waals surface area contributed by atoms with Gasteiger partial charge in [-0.3, -0.25) is 19.2 Å². The van der Waals surface area contributed by atoms with Crippen LogP contribution in [0.3, 0.4) is 0 Å². The molecule has 1 fully saturated rings. The van der Waals surface area contributed by atoms with Crippen molar-refractivity contribution in [3.63, 3.8) is 0 Å². The standard InChI is InChI=1S/C28H39ClN4O5/c1-15-14-33(23(28(15,6)7)25(36)30-16(2)20(34)13-29)26(37)22(27(3,4)5)32-24(35)19-12-17-18(31-19)10-9-11-21(17)38-8/h9-12,15-16,22-23,31H,13-14H2,1-8H3,(H,30,36)(H,32,35)/t15-,16?,22-,23-/m1/s1. The van der Waals surface area contributed by atoms with Gasteiger partial charge in [0.15, 0.2) is 5.78 Å². The SMILES string of the molecule is COc1cccc2[nH]c(C(=O)N[C@H](C(=O)N3C[C@@H](C)C(C)(C)[C@H]3C(=O)NC(C)C(=O)CCl)C(C)(C)C)cc12. The first-order valence-electron chi connectivity index (χ1n) is 12.8. The third-order valence-corrected chi connectivity index (χ3v) is 8.00. The molecule has 3 rings (SSSR count). The molecule has 1 aromatic carbocycles. The van der Waals surface area contributed by atoms with E-state index in [1.54, 1.807) is 25.0 Å². The molecule has 0 spiro atoms. The number of H-pyrrole nitrogens is 1. The fourth-order valence-corrected chi connectivity index (χ4v) is 5.17. The molecule has 2 heterocycles. The first kappa shape index (κ1) is 29.5. The molecule has 3 N–H and O–H groups in total. The Morgan fingerprint density at radius 3 is 2.45 bits per heavy atom. The number of carbonyl (C=O) groups is 4. The number of likely N-dealkylation sites (tertiary alicyclic amines) is 1. The highest BCUT2D eigenvalue weighted by Crippen LogP contribution is 2.42. The number of hydrogen-bond donors (Lipinski definition) is 3. The number of nitrogens with one attached hydrogen (secondary N) is 3. The number of rotatable bonds is 8. The Balaban J connectivity index is 1.91. The van der Waals surface area contributed by atoms with E-state index < -0.39 is 40.8 Å². The van der Waals surface area contributed by atoms with E-state index in [-0.39, 0.29) is 23.5 Å². The average molecular weight is 547 g/mol. The number of aromatic nitrogens is 1. The van der Waals surface area contributed by atoms with Crippen LogP contribution in [-0.4, -0.2) is 71.0 Å². The van der Waals surface area contributed by atoms with Crippen molar-refractivity contribution in [2.75, 3.05) is 19.5 Å². The maximum absolute atomic E-state index is 14.1. The zero-order chi connectivity index (χ0) is 28.6. The van der Waals surface area contributed by atoms with Gasteiger partial charge < -0.3 is 25.3 Å². The summed E-state index contributed by atoms with van der Waals surface area (Å²) in [6.07, 6.45) is 0. The van der Waals surface area contributed by atoms with Gasteiger partial charge in [0.25, 0.3) is 5.91 Å². The van der Waals surface area contributed by atoms with Crippen LogP contribution in [0.2, 0.25) is 0 Å². The van der Waals surface area contributed by atoms with Gasteiger partial charge in [0.1, 0.15) is 23.5 Å². The Morgan fingerprint density at radius 2 is 1.87 bits per heavy atom. The molecule has 3 amide bonds. The molecule has 38 heavy (non-hydrogen) atoms. The molecule has 208 valence electrons. The van der Waals surface area contributed by atoms with E-state index in [1.807, 2.05) is 59.7 Å². The lowest BCUT2D eigenvalue weighted by atomic mass is 9.77. The van der Waals surface area contributed by atoms with Crippen molar-refractivity contribution in [2.45, 2.75) is 66.6 Å². The first-order valence-corrected chi connectivity index (χ1v) is 13.3. The van der Waals surface area contributed by atoms with E-state index >= 15 is 0 Å². The molecule has 9 nitrogen and oxygen atoms in total. The second-order valence-electron chi connectivity index (χ2n) is 11.8. The molecular formula is C28H39ClN4O5. The van der Waals surface area contributed by atoms with Crippen LogP contribution in [0.5, 0.6) is 5.75 Å². The maximum atomic E-state index is 14.1. The summed E-state index contributed by atoms with van der Waals surface area (Å²) in [4.78, 5) is 57.5. The number of amides is 3. The molecule has 0 bridgehead atoms. The van der Waals surface area contributed by atoms with Crippen LogP contribution < -0.4 is 15.4 Å². The predicted molar refractivity (Wildman–Crippen MR) is 147 cm³/mol. The molecule has 2 aromatic rings. The Hall–Kier alpha value is -3.07. The van der Waals surface area contributed by atoms with Crippen LogP contribution in [0.25, 0.3) is 10.9 Å². The normalized spacial score (nSPS) is 20.6. The summed E-state index contributed by atoms with van der Waals surface area (Å²) in [5, 5.41) is 6.40. The number of ketones is 1. The highest BCUT2D eigenvalue weighted by atomic mass is 35.5. The number of aromatic amines is 1. The van der Waals surface area contributed by atoms with Crippen LogP contribution in [0, 0.1) is 16.7 Å². The van der Waals surface area contributed by atoms with Crippen LogP contribution in [0.15, 0.2) is 24.3 Å². The van der Waals surface area contributed by atoms with Crippen molar-refractivity contribution < 1.29 is 23.9 Å². The number of halogens is 1. The van der Waals surface area contributed by atoms with Crippen molar-refractivity contribution in [1.82, 2.24) is 20.5 Å². The minimum absolute atomic E-state index is 0.00118. The molecule has 1 saturated heterocycles. The fraction of sp³-hybridized carbons (Fsp3) is 0.571. The van der Waals surface area contributed by atoms with Crippen LogP contribution in [0.1, 0.15) is 59.0 Å². The summed E-state index contributed by atoms with van der Waals surface area (Å²) in [5.41, 5.74) is -0.191. The quantitative estimate of drug-likeness (QED) is 0.438.